The van der Waals surface area contributed by atoms with E-state index in [1.807, 2.05) is 47.9 Å². The molecule has 0 saturated carbocycles. The standard InChI is InChI=1S/C19H28ClN3O2/c1-3-22(4-2)19(25)23-13-10-16(11-14-23)18(24)21-12-9-15-5-7-17(20)8-6-15/h5-8,16H,3-4,9-14H2,1-2H3,(H,21,24). The number of halogens is 1. The van der Waals surface area contributed by atoms with Gasteiger partial charge in [0.25, 0.3) is 0 Å². The lowest BCUT2D eigenvalue weighted by molar-refractivity contribution is -0.126. The van der Waals surface area contributed by atoms with Crippen LogP contribution >= 0.6 is 11.6 Å². The van der Waals surface area contributed by atoms with Crippen molar-refractivity contribution in [2.75, 3.05) is 32.7 Å². The van der Waals surface area contributed by atoms with Crippen LogP contribution in [-0.2, 0) is 11.2 Å². The number of rotatable bonds is 6. The summed E-state index contributed by atoms with van der Waals surface area (Å²) >= 11 is 5.87. The van der Waals surface area contributed by atoms with E-state index < -0.39 is 0 Å². The van der Waals surface area contributed by atoms with E-state index in [-0.39, 0.29) is 17.9 Å². The summed E-state index contributed by atoms with van der Waals surface area (Å²) in [6, 6.07) is 7.77. The van der Waals surface area contributed by atoms with Crippen LogP contribution in [0.2, 0.25) is 5.02 Å². The Labute approximate surface area is 155 Å². The largest absolute Gasteiger partial charge is 0.356 e. The Morgan fingerprint density at radius 3 is 2.32 bits per heavy atom. The molecule has 0 bridgehead atoms. The number of nitrogens with zero attached hydrogens (tertiary/aromatic N) is 2. The first-order chi connectivity index (χ1) is 12.0. The Morgan fingerprint density at radius 2 is 1.76 bits per heavy atom. The smallest absolute Gasteiger partial charge is 0.319 e. The van der Waals surface area contributed by atoms with Crippen LogP contribution in [0.25, 0.3) is 0 Å². The van der Waals surface area contributed by atoms with Crippen LogP contribution in [0, 0.1) is 5.92 Å². The Morgan fingerprint density at radius 1 is 1.16 bits per heavy atom. The van der Waals surface area contributed by atoms with Crippen LogP contribution in [0.1, 0.15) is 32.3 Å². The molecule has 2 rings (SSSR count). The van der Waals surface area contributed by atoms with Crippen molar-refractivity contribution in [3.05, 3.63) is 34.9 Å². The number of amides is 3. The van der Waals surface area contributed by atoms with E-state index in [0.29, 0.717) is 19.6 Å². The summed E-state index contributed by atoms with van der Waals surface area (Å²) in [5.41, 5.74) is 1.16. The number of hydrogen-bond acceptors (Lipinski definition) is 2. The van der Waals surface area contributed by atoms with Crippen molar-refractivity contribution in [2.45, 2.75) is 33.1 Å². The minimum absolute atomic E-state index is 0.00553. The molecule has 0 atom stereocenters. The number of likely N-dealkylation sites (tertiary alicyclic amines) is 1. The Hall–Kier alpha value is -1.75. The predicted molar refractivity (Wildman–Crippen MR) is 101 cm³/mol. The first-order valence-corrected chi connectivity index (χ1v) is 9.49. The van der Waals surface area contributed by atoms with Crippen LogP contribution < -0.4 is 5.32 Å². The van der Waals surface area contributed by atoms with Gasteiger partial charge in [-0.2, -0.15) is 0 Å². The summed E-state index contributed by atoms with van der Waals surface area (Å²) in [4.78, 5) is 28.3. The van der Waals surface area contributed by atoms with Gasteiger partial charge in [0, 0.05) is 43.7 Å². The highest BCUT2D eigenvalue weighted by atomic mass is 35.5. The molecule has 1 aromatic carbocycles. The van der Waals surface area contributed by atoms with Gasteiger partial charge in [-0.3, -0.25) is 4.79 Å². The molecular weight excluding hydrogens is 338 g/mol. The fourth-order valence-electron chi connectivity index (χ4n) is 3.15. The quantitative estimate of drug-likeness (QED) is 0.841. The molecule has 1 aliphatic rings. The number of urea groups is 1. The first-order valence-electron chi connectivity index (χ1n) is 9.11. The van der Waals surface area contributed by atoms with Gasteiger partial charge in [0.05, 0.1) is 0 Å². The molecule has 0 aromatic heterocycles. The average molecular weight is 366 g/mol. The van der Waals surface area contributed by atoms with Gasteiger partial charge in [-0.15, -0.1) is 0 Å². The third-order valence-corrected chi connectivity index (χ3v) is 5.05. The fraction of sp³-hybridized carbons (Fsp3) is 0.579. The zero-order valence-corrected chi connectivity index (χ0v) is 15.9. The molecule has 0 radical (unpaired) electrons. The summed E-state index contributed by atoms with van der Waals surface area (Å²) in [5, 5.41) is 3.74. The summed E-state index contributed by atoms with van der Waals surface area (Å²) in [5.74, 6) is 0.106. The lowest BCUT2D eigenvalue weighted by atomic mass is 9.96. The van der Waals surface area contributed by atoms with Crippen LogP contribution in [0.15, 0.2) is 24.3 Å². The molecule has 1 aromatic rings. The SMILES string of the molecule is CCN(CC)C(=O)N1CCC(C(=O)NCCc2ccc(Cl)cc2)CC1. The van der Waals surface area contributed by atoms with Gasteiger partial charge in [-0.25, -0.2) is 4.79 Å². The number of carbonyl (C=O) groups is 2. The molecule has 1 heterocycles. The predicted octanol–water partition coefficient (Wildman–Crippen LogP) is 3.17. The Bertz CT molecular complexity index is 565. The van der Waals surface area contributed by atoms with Gasteiger partial charge in [0.1, 0.15) is 0 Å². The second kappa shape index (κ2) is 9.66. The van der Waals surface area contributed by atoms with Crippen molar-refractivity contribution in [1.82, 2.24) is 15.1 Å². The van der Waals surface area contributed by atoms with E-state index in [2.05, 4.69) is 5.32 Å². The van der Waals surface area contributed by atoms with E-state index in [1.165, 1.54) is 0 Å². The van der Waals surface area contributed by atoms with E-state index in [0.717, 1.165) is 42.9 Å². The molecule has 25 heavy (non-hydrogen) atoms. The Kier molecular flexibility index (Phi) is 7.56. The van der Waals surface area contributed by atoms with Gasteiger partial charge in [0.15, 0.2) is 0 Å². The van der Waals surface area contributed by atoms with Crippen molar-refractivity contribution in [3.63, 3.8) is 0 Å². The summed E-state index contributed by atoms with van der Waals surface area (Å²) in [6.45, 7) is 7.36. The van der Waals surface area contributed by atoms with Crippen molar-refractivity contribution in [2.24, 2.45) is 5.92 Å². The maximum atomic E-state index is 12.3. The second-order valence-corrected chi connectivity index (χ2v) is 6.82. The molecule has 1 N–H and O–H groups in total. The maximum Gasteiger partial charge on any atom is 0.319 e. The monoisotopic (exact) mass is 365 g/mol. The van der Waals surface area contributed by atoms with Crippen molar-refractivity contribution in [1.29, 1.82) is 0 Å². The molecule has 5 nitrogen and oxygen atoms in total. The van der Waals surface area contributed by atoms with Crippen LogP contribution in [0.4, 0.5) is 4.79 Å². The van der Waals surface area contributed by atoms with E-state index in [9.17, 15) is 9.59 Å². The van der Waals surface area contributed by atoms with Crippen molar-refractivity contribution in [3.8, 4) is 0 Å². The van der Waals surface area contributed by atoms with Crippen LogP contribution in [0.5, 0.6) is 0 Å². The molecule has 1 fully saturated rings. The number of hydrogen-bond donors (Lipinski definition) is 1. The van der Waals surface area contributed by atoms with Gasteiger partial charge in [-0.05, 0) is 50.8 Å². The minimum Gasteiger partial charge on any atom is -0.356 e. The third-order valence-electron chi connectivity index (χ3n) is 4.80. The fourth-order valence-corrected chi connectivity index (χ4v) is 3.28. The van der Waals surface area contributed by atoms with Gasteiger partial charge >= 0.3 is 6.03 Å². The Balaban J connectivity index is 1.72. The molecule has 3 amide bonds. The lowest BCUT2D eigenvalue weighted by Crippen LogP contribution is -2.48. The number of benzene rings is 1. The number of piperidine rings is 1. The molecule has 1 saturated heterocycles. The highest BCUT2D eigenvalue weighted by Crippen LogP contribution is 2.18. The second-order valence-electron chi connectivity index (χ2n) is 6.38. The number of nitrogens with one attached hydrogen (secondary N) is 1. The van der Waals surface area contributed by atoms with E-state index >= 15 is 0 Å². The summed E-state index contributed by atoms with van der Waals surface area (Å²) in [6.07, 6.45) is 2.27. The molecular formula is C19H28ClN3O2. The van der Waals surface area contributed by atoms with Crippen LogP contribution in [-0.4, -0.2) is 54.5 Å². The van der Waals surface area contributed by atoms with Crippen molar-refractivity contribution >= 4 is 23.5 Å². The average Bonchev–Trinajstić information content (AvgIpc) is 2.64. The van der Waals surface area contributed by atoms with Crippen LogP contribution in [0.3, 0.4) is 0 Å². The topological polar surface area (TPSA) is 52.7 Å². The molecule has 6 heteroatoms. The van der Waals surface area contributed by atoms with Gasteiger partial charge in [-0.1, -0.05) is 23.7 Å². The third kappa shape index (κ3) is 5.63. The first kappa shape index (κ1) is 19.6. The molecule has 0 unspecified atom stereocenters. The number of carbonyl (C=O) groups excluding carboxylic acids is 2. The minimum atomic E-state index is 0.00553. The lowest BCUT2D eigenvalue weighted by Gasteiger charge is -2.34. The van der Waals surface area contributed by atoms with Gasteiger partial charge < -0.3 is 15.1 Å². The summed E-state index contributed by atoms with van der Waals surface area (Å²) in [7, 11) is 0. The zero-order chi connectivity index (χ0) is 18.2. The van der Waals surface area contributed by atoms with Crippen molar-refractivity contribution < 1.29 is 9.59 Å². The maximum absolute atomic E-state index is 12.3. The van der Waals surface area contributed by atoms with E-state index in [1.54, 1.807) is 0 Å². The normalized spacial score (nSPS) is 15.1. The molecule has 0 spiro atoms. The highest BCUT2D eigenvalue weighted by Gasteiger charge is 2.28. The molecule has 1 aliphatic heterocycles. The molecule has 0 aliphatic carbocycles. The zero-order valence-electron chi connectivity index (χ0n) is 15.1. The highest BCUT2D eigenvalue weighted by molar-refractivity contribution is 6.30. The molecule has 138 valence electrons. The van der Waals surface area contributed by atoms with Gasteiger partial charge in [0.2, 0.25) is 5.91 Å². The van der Waals surface area contributed by atoms with E-state index in [4.69, 9.17) is 11.6 Å². The summed E-state index contributed by atoms with van der Waals surface area (Å²) < 4.78 is 0.